The van der Waals surface area contributed by atoms with Crippen LogP contribution in [0.5, 0.6) is 0 Å². The van der Waals surface area contributed by atoms with Crippen molar-refractivity contribution in [2.75, 3.05) is 37.7 Å². The number of ether oxygens (including phenoxy) is 1. The van der Waals surface area contributed by atoms with Crippen LogP contribution in [-0.2, 0) is 10.9 Å². The standard InChI is InChI=1S/C20H19F3N2O3/c21-20(22,23)17-4-2-1-3-16(17)19(27)24-13-18(26)14-5-7-15(8-6-14)25-9-11-28-12-10-25/h1-8H,9-13H2,(H,24,27). The van der Waals surface area contributed by atoms with Gasteiger partial charge in [-0.1, -0.05) is 12.1 Å². The Labute approximate surface area is 160 Å². The van der Waals surface area contributed by atoms with E-state index >= 15 is 0 Å². The van der Waals surface area contributed by atoms with Gasteiger partial charge in [0, 0.05) is 24.3 Å². The lowest BCUT2D eigenvalue weighted by molar-refractivity contribution is -0.137. The van der Waals surface area contributed by atoms with Gasteiger partial charge in [0.05, 0.1) is 30.9 Å². The summed E-state index contributed by atoms with van der Waals surface area (Å²) in [5.74, 6) is -1.32. The van der Waals surface area contributed by atoms with E-state index in [2.05, 4.69) is 10.2 Å². The molecule has 2 aromatic carbocycles. The number of halogens is 3. The zero-order chi connectivity index (χ0) is 20.1. The number of hydrogen-bond acceptors (Lipinski definition) is 4. The highest BCUT2D eigenvalue weighted by Crippen LogP contribution is 2.31. The van der Waals surface area contributed by atoms with Crippen LogP contribution in [0.1, 0.15) is 26.3 Å². The minimum absolute atomic E-state index is 0.376. The van der Waals surface area contributed by atoms with E-state index in [0.29, 0.717) is 18.8 Å². The Kier molecular flexibility index (Phi) is 5.99. The van der Waals surface area contributed by atoms with Gasteiger partial charge >= 0.3 is 6.18 Å². The van der Waals surface area contributed by atoms with E-state index in [0.717, 1.165) is 30.9 Å². The summed E-state index contributed by atoms with van der Waals surface area (Å²) < 4.78 is 44.3. The molecule has 8 heteroatoms. The lowest BCUT2D eigenvalue weighted by Gasteiger charge is -2.28. The average Bonchev–Trinajstić information content (AvgIpc) is 2.72. The van der Waals surface area contributed by atoms with Gasteiger partial charge in [0.1, 0.15) is 0 Å². The number of nitrogens with one attached hydrogen (secondary N) is 1. The van der Waals surface area contributed by atoms with E-state index in [9.17, 15) is 22.8 Å². The molecule has 5 nitrogen and oxygen atoms in total. The molecule has 1 aliphatic rings. The molecule has 0 saturated carbocycles. The van der Waals surface area contributed by atoms with Gasteiger partial charge in [-0.2, -0.15) is 13.2 Å². The number of ketones is 1. The molecular formula is C20H19F3N2O3. The first-order chi connectivity index (χ1) is 13.4. The number of benzene rings is 2. The second-order valence-electron chi connectivity index (χ2n) is 6.30. The van der Waals surface area contributed by atoms with Crippen LogP contribution in [0.3, 0.4) is 0 Å². The molecule has 28 heavy (non-hydrogen) atoms. The van der Waals surface area contributed by atoms with Gasteiger partial charge in [-0.15, -0.1) is 0 Å². The Morgan fingerprint density at radius 2 is 1.64 bits per heavy atom. The number of amides is 1. The highest BCUT2D eigenvalue weighted by molar-refractivity contribution is 6.02. The molecule has 148 valence electrons. The molecule has 0 bridgehead atoms. The molecule has 1 amide bonds. The summed E-state index contributed by atoms with van der Waals surface area (Å²) in [7, 11) is 0. The Morgan fingerprint density at radius 1 is 1.00 bits per heavy atom. The fraction of sp³-hybridized carbons (Fsp3) is 0.300. The molecule has 0 aromatic heterocycles. The summed E-state index contributed by atoms with van der Waals surface area (Å²) in [5.41, 5.74) is -0.204. The molecule has 1 N–H and O–H groups in total. The third-order valence-electron chi connectivity index (χ3n) is 4.45. The quantitative estimate of drug-likeness (QED) is 0.795. The lowest BCUT2D eigenvalue weighted by atomic mass is 10.1. The highest BCUT2D eigenvalue weighted by atomic mass is 19.4. The van der Waals surface area contributed by atoms with E-state index in [1.807, 2.05) is 0 Å². The van der Waals surface area contributed by atoms with E-state index < -0.39 is 23.2 Å². The van der Waals surface area contributed by atoms with Gasteiger partial charge in [-0.25, -0.2) is 0 Å². The van der Waals surface area contributed by atoms with Crippen LogP contribution in [0.2, 0.25) is 0 Å². The maximum atomic E-state index is 13.0. The molecular weight excluding hydrogens is 373 g/mol. The number of Topliss-reactive ketones (excluding diaryl/α,β-unsaturated/α-hetero) is 1. The molecule has 0 unspecified atom stereocenters. The first-order valence-electron chi connectivity index (χ1n) is 8.76. The van der Waals surface area contributed by atoms with Gasteiger partial charge in [0.15, 0.2) is 5.78 Å². The van der Waals surface area contributed by atoms with Gasteiger partial charge in [0.2, 0.25) is 0 Å². The molecule has 3 rings (SSSR count). The zero-order valence-electron chi connectivity index (χ0n) is 15.0. The number of carbonyl (C=O) groups is 2. The summed E-state index contributed by atoms with van der Waals surface area (Å²) in [6, 6.07) is 11.4. The third-order valence-corrected chi connectivity index (χ3v) is 4.45. The van der Waals surface area contributed by atoms with Crippen LogP contribution >= 0.6 is 0 Å². The largest absolute Gasteiger partial charge is 0.417 e. The minimum Gasteiger partial charge on any atom is -0.378 e. The number of carbonyl (C=O) groups excluding carboxylic acids is 2. The maximum absolute atomic E-state index is 13.0. The van der Waals surface area contributed by atoms with E-state index in [4.69, 9.17) is 4.74 Å². The number of nitrogens with zero attached hydrogens (tertiary/aromatic N) is 1. The van der Waals surface area contributed by atoms with Crippen molar-refractivity contribution >= 4 is 17.4 Å². The van der Waals surface area contributed by atoms with Crippen LogP contribution < -0.4 is 10.2 Å². The Morgan fingerprint density at radius 3 is 2.29 bits per heavy atom. The lowest BCUT2D eigenvalue weighted by Crippen LogP contribution is -2.36. The molecule has 0 aliphatic carbocycles. The van der Waals surface area contributed by atoms with Crippen LogP contribution in [-0.4, -0.2) is 44.5 Å². The van der Waals surface area contributed by atoms with E-state index in [1.54, 1.807) is 24.3 Å². The fourth-order valence-electron chi connectivity index (χ4n) is 2.97. The molecule has 1 heterocycles. The fourth-order valence-corrected chi connectivity index (χ4v) is 2.97. The highest BCUT2D eigenvalue weighted by Gasteiger charge is 2.34. The van der Waals surface area contributed by atoms with Crippen molar-refractivity contribution in [1.82, 2.24) is 5.32 Å². The van der Waals surface area contributed by atoms with Crippen molar-refractivity contribution in [2.24, 2.45) is 0 Å². The van der Waals surface area contributed by atoms with Crippen molar-refractivity contribution < 1.29 is 27.5 Å². The number of anilines is 1. The molecule has 1 saturated heterocycles. The van der Waals surface area contributed by atoms with Gasteiger partial charge in [-0.3, -0.25) is 9.59 Å². The summed E-state index contributed by atoms with van der Waals surface area (Å²) >= 11 is 0. The average molecular weight is 392 g/mol. The van der Waals surface area contributed by atoms with Crippen LogP contribution in [0.4, 0.5) is 18.9 Å². The molecule has 1 fully saturated rings. The summed E-state index contributed by atoms with van der Waals surface area (Å²) in [5, 5.41) is 2.27. The van der Waals surface area contributed by atoms with E-state index in [-0.39, 0.29) is 12.3 Å². The normalized spacial score (nSPS) is 14.6. The Balaban J connectivity index is 1.62. The van der Waals surface area contributed by atoms with Crippen LogP contribution in [0.25, 0.3) is 0 Å². The Hall–Kier alpha value is -2.87. The summed E-state index contributed by atoms with van der Waals surface area (Å²) in [6.45, 7) is 2.43. The number of hydrogen-bond donors (Lipinski definition) is 1. The molecule has 0 spiro atoms. The smallest absolute Gasteiger partial charge is 0.378 e. The monoisotopic (exact) mass is 392 g/mol. The van der Waals surface area contributed by atoms with Crippen LogP contribution in [0, 0.1) is 0 Å². The van der Waals surface area contributed by atoms with Crippen molar-refractivity contribution in [1.29, 1.82) is 0 Å². The van der Waals surface area contributed by atoms with Gasteiger partial charge in [-0.05, 0) is 36.4 Å². The zero-order valence-corrected chi connectivity index (χ0v) is 15.0. The summed E-state index contributed by atoms with van der Waals surface area (Å²) in [6.07, 6.45) is -4.65. The third kappa shape index (κ3) is 4.69. The van der Waals surface area contributed by atoms with Crippen molar-refractivity contribution in [3.8, 4) is 0 Å². The predicted molar refractivity (Wildman–Crippen MR) is 97.6 cm³/mol. The topological polar surface area (TPSA) is 58.6 Å². The number of alkyl halides is 3. The minimum atomic E-state index is -4.65. The van der Waals surface area contributed by atoms with Crippen molar-refractivity contribution in [3.63, 3.8) is 0 Å². The Bertz CT molecular complexity index is 845. The molecule has 0 atom stereocenters. The summed E-state index contributed by atoms with van der Waals surface area (Å²) in [4.78, 5) is 26.5. The van der Waals surface area contributed by atoms with Crippen molar-refractivity contribution in [2.45, 2.75) is 6.18 Å². The molecule has 2 aromatic rings. The first kappa shape index (κ1) is 19.9. The second kappa shape index (κ2) is 8.43. The second-order valence-corrected chi connectivity index (χ2v) is 6.30. The van der Waals surface area contributed by atoms with E-state index in [1.165, 1.54) is 12.1 Å². The predicted octanol–water partition coefficient (Wildman–Crippen LogP) is 3.15. The first-order valence-corrected chi connectivity index (χ1v) is 8.76. The number of rotatable bonds is 5. The van der Waals surface area contributed by atoms with Gasteiger partial charge in [0.25, 0.3) is 5.91 Å². The maximum Gasteiger partial charge on any atom is 0.417 e. The SMILES string of the molecule is O=C(CNC(=O)c1ccccc1C(F)(F)F)c1ccc(N2CCOCC2)cc1. The number of morpholine rings is 1. The molecule has 1 aliphatic heterocycles. The molecule has 0 radical (unpaired) electrons. The van der Waals surface area contributed by atoms with Crippen LogP contribution in [0.15, 0.2) is 48.5 Å². The van der Waals surface area contributed by atoms with Crippen molar-refractivity contribution in [3.05, 3.63) is 65.2 Å². The van der Waals surface area contributed by atoms with Gasteiger partial charge < -0.3 is 15.0 Å².